The zero-order valence-corrected chi connectivity index (χ0v) is 14.9. The highest BCUT2D eigenvalue weighted by Gasteiger charge is 2.26. The topological polar surface area (TPSA) is 128 Å². The molecule has 1 atom stereocenters. The van der Waals surface area contributed by atoms with Gasteiger partial charge in [0.15, 0.2) is 11.5 Å². The van der Waals surface area contributed by atoms with Crippen LogP contribution in [0.1, 0.15) is 18.4 Å². The zero-order valence-electron chi connectivity index (χ0n) is 14.9. The molecule has 1 aromatic rings. The smallest absolute Gasteiger partial charge is 0.351 e. The molecule has 0 saturated heterocycles. The number of methoxy groups -OCH3 is 1. The average molecular weight is 374 g/mol. The number of hydrogen-bond acceptors (Lipinski definition) is 6. The van der Waals surface area contributed by atoms with Gasteiger partial charge in [-0.05, 0) is 48.3 Å². The average Bonchev–Trinajstić information content (AvgIpc) is 2.65. The lowest BCUT2D eigenvalue weighted by Crippen LogP contribution is -2.41. The number of aliphatic imine (C=N–C) groups is 1. The van der Waals surface area contributed by atoms with Crippen LogP contribution in [0.4, 0.5) is 0 Å². The van der Waals surface area contributed by atoms with Gasteiger partial charge in [-0.25, -0.2) is 9.59 Å². The molecule has 0 unspecified atom stereocenters. The fourth-order valence-electron chi connectivity index (χ4n) is 2.62. The van der Waals surface area contributed by atoms with E-state index < -0.39 is 18.0 Å². The number of phenols is 1. The highest BCUT2D eigenvalue weighted by molar-refractivity contribution is 5.89. The molecule has 2 rings (SSSR count). The number of aryl methyl sites for hydroxylation is 1. The molecule has 27 heavy (non-hydrogen) atoms. The third-order valence-corrected chi connectivity index (χ3v) is 4.02. The summed E-state index contributed by atoms with van der Waals surface area (Å²) in [6.45, 7) is 0.559. The summed E-state index contributed by atoms with van der Waals surface area (Å²) >= 11 is 0. The van der Waals surface area contributed by atoms with Gasteiger partial charge in [0, 0.05) is 19.2 Å². The van der Waals surface area contributed by atoms with Crippen LogP contribution in [0.2, 0.25) is 0 Å². The Bertz CT molecular complexity index is 797. The van der Waals surface area contributed by atoms with Crippen molar-refractivity contribution < 1.29 is 29.6 Å². The quantitative estimate of drug-likeness (QED) is 0.403. The number of ether oxygens (including phenoxy) is 1. The number of benzene rings is 1. The van der Waals surface area contributed by atoms with Crippen LogP contribution in [0.15, 0.2) is 46.6 Å². The Morgan fingerprint density at radius 3 is 2.81 bits per heavy atom. The van der Waals surface area contributed by atoms with Gasteiger partial charge in [-0.2, -0.15) is 0 Å². The number of hydrogen-bond donors (Lipinski definition) is 4. The van der Waals surface area contributed by atoms with Crippen molar-refractivity contribution in [3.05, 3.63) is 47.2 Å². The first-order chi connectivity index (χ1) is 12.9. The summed E-state index contributed by atoms with van der Waals surface area (Å²) < 4.78 is 5.07. The van der Waals surface area contributed by atoms with Crippen LogP contribution in [0.5, 0.6) is 11.5 Å². The Labute approximate surface area is 156 Å². The predicted molar refractivity (Wildman–Crippen MR) is 99.3 cm³/mol. The first-order valence-corrected chi connectivity index (χ1v) is 8.40. The monoisotopic (exact) mass is 374 g/mol. The predicted octanol–water partition coefficient (Wildman–Crippen LogP) is 1.75. The number of carboxylic acids is 2. The van der Waals surface area contributed by atoms with Gasteiger partial charge in [-0.1, -0.05) is 6.07 Å². The van der Waals surface area contributed by atoms with Crippen molar-refractivity contribution in [2.24, 2.45) is 4.99 Å². The third-order valence-electron chi connectivity index (χ3n) is 4.02. The van der Waals surface area contributed by atoms with Gasteiger partial charge < -0.3 is 25.4 Å². The van der Waals surface area contributed by atoms with Crippen molar-refractivity contribution in [3.63, 3.8) is 0 Å². The number of rotatable bonds is 8. The SMILES string of the molecule is COc1cc(CCCN=C/C=C2\C=C(C(=O)O)N[C@H](C(=O)O)C2)ccc1O. The highest BCUT2D eigenvalue weighted by atomic mass is 16.5. The fourth-order valence-corrected chi connectivity index (χ4v) is 2.62. The summed E-state index contributed by atoms with van der Waals surface area (Å²) in [4.78, 5) is 26.4. The lowest BCUT2D eigenvalue weighted by atomic mass is 10.00. The number of phenolic OH excluding ortho intramolecular Hbond substituents is 1. The molecule has 144 valence electrons. The molecule has 1 aromatic carbocycles. The number of aromatic hydroxyl groups is 1. The number of nitrogens with one attached hydrogen (secondary N) is 1. The van der Waals surface area contributed by atoms with Gasteiger partial charge in [0.2, 0.25) is 0 Å². The molecule has 1 aliphatic heterocycles. The standard InChI is InChI=1S/C19H22N2O6/c1-27-17-11-12(4-5-16(17)22)3-2-7-20-8-6-13-9-14(18(23)24)21-15(10-13)19(25)26/h4-6,8-9,11,15,21-22H,2-3,7,10H2,1H3,(H,23,24)(H,25,26)/b13-6+,20-8?/t15-/m0/s1. The number of aliphatic carboxylic acids is 2. The van der Waals surface area contributed by atoms with Gasteiger partial charge in [0.1, 0.15) is 11.7 Å². The van der Waals surface area contributed by atoms with E-state index in [0.717, 1.165) is 18.4 Å². The maximum Gasteiger partial charge on any atom is 0.351 e. The highest BCUT2D eigenvalue weighted by Crippen LogP contribution is 2.26. The second kappa shape index (κ2) is 9.42. The van der Waals surface area contributed by atoms with E-state index in [1.54, 1.807) is 24.4 Å². The van der Waals surface area contributed by atoms with Crippen molar-refractivity contribution in [1.29, 1.82) is 0 Å². The minimum absolute atomic E-state index is 0.0984. The van der Waals surface area contributed by atoms with Crippen LogP contribution in [-0.2, 0) is 16.0 Å². The lowest BCUT2D eigenvalue weighted by Gasteiger charge is -2.21. The van der Waals surface area contributed by atoms with Gasteiger partial charge in [0.25, 0.3) is 0 Å². The molecule has 0 aliphatic carbocycles. The molecule has 1 aliphatic rings. The Hall–Kier alpha value is -3.29. The zero-order chi connectivity index (χ0) is 19.8. The van der Waals surface area contributed by atoms with Gasteiger partial charge in [-0.3, -0.25) is 4.99 Å². The summed E-state index contributed by atoms with van der Waals surface area (Å²) in [7, 11) is 1.50. The summed E-state index contributed by atoms with van der Waals surface area (Å²) in [6.07, 6.45) is 6.33. The fraction of sp³-hybridized carbons (Fsp3) is 0.316. The van der Waals surface area contributed by atoms with Crippen LogP contribution in [0.3, 0.4) is 0 Å². The van der Waals surface area contributed by atoms with Crippen molar-refractivity contribution in [1.82, 2.24) is 5.32 Å². The van der Waals surface area contributed by atoms with Crippen LogP contribution in [0, 0.1) is 0 Å². The second-order valence-electron chi connectivity index (χ2n) is 6.01. The van der Waals surface area contributed by atoms with E-state index in [4.69, 9.17) is 14.9 Å². The van der Waals surface area contributed by atoms with E-state index in [2.05, 4.69) is 10.3 Å². The maximum absolute atomic E-state index is 11.1. The number of carboxylic acid groups (broad SMARTS) is 2. The lowest BCUT2D eigenvalue weighted by molar-refractivity contribution is -0.139. The van der Waals surface area contributed by atoms with E-state index in [1.807, 2.05) is 6.07 Å². The summed E-state index contributed by atoms with van der Waals surface area (Å²) in [5.74, 6) is -1.77. The maximum atomic E-state index is 11.1. The number of nitrogens with zero attached hydrogens (tertiary/aromatic N) is 1. The molecule has 8 nitrogen and oxygen atoms in total. The molecule has 0 aromatic heterocycles. The van der Waals surface area contributed by atoms with E-state index in [1.165, 1.54) is 13.2 Å². The van der Waals surface area contributed by atoms with E-state index in [9.17, 15) is 14.7 Å². The first-order valence-electron chi connectivity index (χ1n) is 8.40. The Morgan fingerprint density at radius 1 is 1.37 bits per heavy atom. The normalized spacial score (nSPS) is 18.2. The third kappa shape index (κ3) is 5.88. The second-order valence-corrected chi connectivity index (χ2v) is 6.01. The van der Waals surface area contributed by atoms with Crippen molar-refractivity contribution in [3.8, 4) is 11.5 Å². The minimum atomic E-state index is -1.20. The van der Waals surface area contributed by atoms with Crippen LogP contribution >= 0.6 is 0 Å². The van der Waals surface area contributed by atoms with E-state index >= 15 is 0 Å². The van der Waals surface area contributed by atoms with Gasteiger partial charge in [0.05, 0.1) is 7.11 Å². The van der Waals surface area contributed by atoms with Crippen molar-refractivity contribution in [2.75, 3.05) is 13.7 Å². The molecule has 0 bridgehead atoms. The molecule has 0 fully saturated rings. The molecular formula is C19H22N2O6. The molecule has 0 radical (unpaired) electrons. The van der Waals surface area contributed by atoms with E-state index in [-0.39, 0.29) is 17.9 Å². The molecule has 0 saturated carbocycles. The molecule has 1 heterocycles. The van der Waals surface area contributed by atoms with Crippen LogP contribution in [0.25, 0.3) is 0 Å². The Kier molecular flexibility index (Phi) is 6.99. The van der Waals surface area contributed by atoms with Crippen molar-refractivity contribution >= 4 is 18.2 Å². The summed E-state index contributed by atoms with van der Waals surface area (Å²) in [6, 6.07) is 4.22. The number of allylic oxidation sites excluding steroid dienone is 2. The molecular weight excluding hydrogens is 352 g/mol. The molecule has 4 N–H and O–H groups in total. The molecule has 8 heteroatoms. The minimum Gasteiger partial charge on any atom is -0.504 e. The summed E-state index contributed by atoms with van der Waals surface area (Å²) in [5, 5.41) is 30.2. The van der Waals surface area contributed by atoms with Crippen LogP contribution in [-0.4, -0.2) is 53.2 Å². The van der Waals surface area contributed by atoms with Gasteiger partial charge in [-0.15, -0.1) is 0 Å². The first kappa shape index (κ1) is 20.0. The van der Waals surface area contributed by atoms with Gasteiger partial charge >= 0.3 is 11.9 Å². The molecule has 0 spiro atoms. The largest absolute Gasteiger partial charge is 0.504 e. The summed E-state index contributed by atoms with van der Waals surface area (Å²) in [5.41, 5.74) is 1.47. The van der Waals surface area contributed by atoms with E-state index in [0.29, 0.717) is 17.9 Å². The molecule has 0 amide bonds. The van der Waals surface area contributed by atoms with Crippen molar-refractivity contribution in [2.45, 2.75) is 25.3 Å². The Balaban J connectivity index is 1.89. The Morgan fingerprint density at radius 2 is 2.15 bits per heavy atom. The van der Waals surface area contributed by atoms with Crippen LogP contribution < -0.4 is 10.1 Å². The number of carbonyl (C=O) groups is 2.